The van der Waals surface area contributed by atoms with Gasteiger partial charge in [-0.3, -0.25) is 4.79 Å². The minimum absolute atomic E-state index is 0.0676. The zero-order valence-corrected chi connectivity index (χ0v) is 16.2. The van der Waals surface area contributed by atoms with Crippen LogP contribution in [0.15, 0.2) is 54.6 Å². The second kappa shape index (κ2) is 9.90. The molecule has 6 nitrogen and oxygen atoms in total. The molecule has 0 spiro atoms. The fraction of sp³-hybridized carbons (Fsp3) is 0.364. The minimum Gasteiger partial charge on any atom is -0.381 e. The monoisotopic (exact) mass is 381 g/mol. The molecule has 2 aromatic rings. The van der Waals surface area contributed by atoms with E-state index in [4.69, 9.17) is 4.74 Å². The van der Waals surface area contributed by atoms with Gasteiger partial charge in [0.05, 0.1) is 6.61 Å². The van der Waals surface area contributed by atoms with Crippen LogP contribution in [0.1, 0.15) is 30.1 Å². The first-order valence-corrected chi connectivity index (χ1v) is 9.77. The van der Waals surface area contributed by atoms with Crippen molar-refractivity contribution in [2.45, 2.75) is 19.8 Å². The van der Waals surface area contributed by atoms with Gasteiger partial charge in [-0.15, -0.1) is 0 Å². The van der Waals surface area contributed by atoms with E-state index < -0.39 is 0 Å². The Kier molecular flexibility index (Phi) is 7.03. The molecule has 0 bridgehead atoms. The van der Waals surface area contributed by atoms with Gasteiger partial charge in [-0.25, -0.2) is 4.79 Å². The van der Waals surface area contributed by atoms with E-state index in [0.717, 1.165) is 25.1 Å². The number of anilines is 2. The third kappa shape index (κ3) is 5.33. The SMILES string of the molecule is CCN(C(=O)c1ccc(NC(=O)NC[C@@H]2CCCOC2)cc1)c1ccccc1. The maximum absolute atomic E-state index is 12.8. The van der Waals surface area contributed by atoms with E-state index in [2.05, 4.69) is 10.6 Å². The summed E-state index contributed by atoms with van der Waals surface area (Å²) >= 11 is 0. The number of nitrogens with zero attached hydrogens (tertiary/aromatic N) is 1. The number of benzene rings is 2. The van der Waals surface area contributed by atoms with Crippen molar-refractivity contribution < 1.29 is 14.3 Å². The number of carbonyl (C=O) groups excluding carboxylic acids is 2. The van der Waals surface area contributed by atoms with Gasteiger partial charge in [0.15, 0.2) is 0 Å². The zero-order chi connectivity index (χ0) is 19.8. The molecule has 1 atom stereocenters. The van der Waals surface area contributed by atoms with Gasteiger partial charge < -0.3 is 20.3 Å². The summed E-state index contributed by atoms with van der Waals surface area (Å²) in [6.45, 7) is 4.64. The third-order valence-electron chi connectivity index (χ3n) is 4.82. The van der Waals surface area contributed by atoms with Crippen LogP contribution in [0.3, 0.4) is 0 Å². The topological polar surface area (TPSA) is 70.7 Å². The molecule has 148 valence electrons. The van der Waals surface area contributed by atoms with Crippen LogP contribution < -0.4 is 15.5 Å². The average molecular weight is 381 g/mol. The molecule has 3 rings (SSSR count). The summed E-state index contributed by atoms with van der Waals surface area (Å²) in [4.78, 5) is 26.6. The number of ether oxygens (including phenoxy) is 1. The normalized spacial score (nSPS) is 16.2. The van der Waals surface area contributed by atoms with E-state index in [9.17, 15) is 9.59 Å². The Morgan fingerprint density at radius 1 is 1.11 bits per heavy atom. The minimum atomic E-state index is -0.246. The fourth-order valence-electron chi connectivity index (χ4n) is 3.28. The highest BCUT2D eigenvalue weighted by Crippen LogP contribution is 2.18. The van der Waals surface area contributed by atoms with E-state index in [1.807, 2.05) is 37.3 Å². The summed E-state index contributed by atoms with van der Waals surface area (Å²) in [5.74, 6) is 0.305. The molecule has 0 aliphatic carbocycles. The number of hydrogen-bond donors (Lipinski definition) is 2. The number of rotatable bonds is 6. The van der Waals surface area contributed by atoms with Crippen LogP contribution in [0.25, 0.3) is 0 Å². The van der Waals surface area contributed by atoms with Crippen molar-refractivity contribution in [2.75, 3.05) is 36.5 Å². The van der Waals surface area contributed by atoms with Crippen LogP contribution in [0.5, 0.6) is 0 Å². The van der Waals surface area contributed by atoms with Crippen molar-refractivity contribution in [3.05, 3.63) is 60.2 Å². The molecular weight excluding hydrogens is 354 g/mol. The average Bonchev–Trinajstić information content (AvgIpc) is 2.75. The van der Waals surface area contributed by atoms with E-state index in [1.165, 1.54) is 0 Å². The highest BCUT2D eigenvalue weighted by molar-refractivity contribution is 6.06. The highest BCUT2D eigenvalue weighted by Gasteiger charge is 2.17. The van der Waals surface area contributed by atoms with Crippen LogP contribution in [0, 0.1) is 5.92 Å². The molecule has 1 saturated heterocycles. The summed E-state index contributed by atoms with van der Waals surface area (Å²) < 4.78 is 5.42. The Morgan fingerprint density at radius 2 is 1.86 bits per heavy atom. The summed E-state index contributed by atoms with van der Waals surface area (Å²) in [5, 5.41) is 5.69. The fourth-order valence-corrected chi connectivity index (χ4v) is 3.28. The summed E-state index contributed by atoms with van der Waals surface area (Å²) in [5.41, 5.74) is 2.09. The van der Waals surface area contributed by atoms with Gasteiger partial charge in [-0.05, 0) is 62.1 Å². The second-order valence-electron chi connectivity index (χ2n) is 6.88. The van der Waals surface area contributed by atoms with Gasteiger partial charge in [-0.2, -0.15) is 0 Å². The lowest BCUT2D eigenvalue weighted by Crippen LogP contribution is -2.35. The molecule has 1 fully saturated rings. The maximum atomic E-state index is 12.8. The van der Waals surface area contributed by atoms with Crippen LogP contribution in [-0.4, -0.2) is 38.2 Å². The molecule has 1 aliphatic heterocycles. The smallest absolute Gasteiger partial charge is 0.319 e. The maximum Gasteiger partial charge on any atom is 0.319 e. The van der Waals surface area contributed by atoms with Crippen LogP contribution in [0.2, 0.25) is 0 Å². The number of hydrogen-bond acceptors (Lipinski definition) is 3. The van der Waals surface area contributed by atoms with Crippen LogP contribution in [-0.2, 0) is 4.74 Å². The van der Waals surface area contributed by atoms with E-state index >= 15 is 0 Å². The molecule has 3 amide bonds. The number of carbonyl (C=O) groups is 2. The summed E-state index contributed by atoms with van der Waals surface area (Å²) in [6.07, 6.45) is 2.12. The predicted molar refractivity (Wildman–Crippen MR) is 111 cm³/mol. The quantitative estimate of drug-likeness (QED) is 0.797. The number of urea groups is 1. The molecule has 2 aromatic carbocycles. The standard InChI is InChI=1S/C22H27N3O3/c1-2-25(20-8-4-3-5-9-20)21(26)18-10-12-19(13-11-18)24-22(27)23-15-17-7-6-14-28-16-17/h3-5,8-13,17H,2,6-7,14-16H2,1H3,(H2,23,24,27)/t17-/m0/s1. The summed E-state index contributed by atoms with van der Waals surface area (Å²) in [7, 11) is 0. The van der Waals surface area contributed by atoms with Crippen LogP contribution >= 0.6 is 0 Å². The molecule has 0 saturated carbocycles. The van der Waals surface area contributed by atoms with E-state index in [1.54, 1.807) is 29.2 Å². The zero-order valence-electron chi connectivity index (χ0n) is 16.2. The number of amides is 3. The molecule has 28 heavy (non-hydrogen) atoms. The van der Waals surface area contributed by atoms with Crippen molar-refractivity contribution in [3.8, 4) is 0 Å². The highest BCUT2D eigenvalue weighted by atomic mass is 16.5. The lowest BCUT2D eigenvalue weighted by atomic mass is 10.0. The second-order valence-corrected chi connectivity index (χ2v) is 6.88. The van der Waals surface area contributed by atoms with Gasteiger partial charge in [0.2, 0.25) is 0 Å². The van der Waals surface area contributed by atoms with E-state index in [0.29, 0.717) is 36.9 Å². The lowest BCUT2D eigenvalue weighted by molar-refractivity contribution is 0.0559. The molecule has 1 heterocycles. The molecule has 6 heteroatoms. The first kappa shape index (κ1) is 19.9. The molecule has 0 unspecified atom stereocenters. The Morgan fingerprint density at radius 3 is 2.50 bits per heavy atom. The Hall–Kier alpha value is -2.86. The van der Waals surface area contributed by atoms with Crippen molar-refractivity contribution in [3.63, 3.8) is 0 Å². The Labute approximate surface area is 165 Å². The van der Waals surface area contributed by atoms with Gasteiger partial charge in [0.1, 0.15) is 0 Å². The Balaban J connectivity index is 1.55. The number of nitrogens with one attached hydrogen (secondary N) is 2. The van der Waals surface area contributed by atoms with Gasteiger partial charge in [0, 0.05) is 36.6 Å². The molecule has 1 aliphatic rings. The lowest BCUT2D eigenvalue weighted by Gasteiger charge is -2.22. The first-order valence-electron chi connectivity index (χ1n) is 9.77. The van der Waals surface area contributed by atoms with E-state index in [-0.39, 0.29) is 11.9 Å². The molecule has 2 N–H and O–H groups in total. The molecule has 0 radical (unpaired) electrons. The summed E-state index contributed by atoms with van der Waals surface area (Å²) in [6, 6.07) is 16.3. The van der Waals surface area contributed by atoms with Crippen molar-refractivity contribution >= 4 is 23.3 Å². The van der Waals surface area contributed by atoms with Gasteiger partial charge in [-0.1, -0.05) is 18.2 Å². The Bertz CT molecular complexity index is 771. The largest absolute Gasteiger partial charge is 0.381 e. The van der Waals surface area contributed by atoms with Crippen molar-refractivity contribution in [2.24, 2.45) is 5.92 Å². The van der Waals surface area contributed by atoms with Crippen molar-refractivity contribution in [1.82, 2.24) is 5.32 Å². The van der Waals surface area contributed by atoms with Crippen LogP contribution in [0.4, 0.5) is 16.2 Å². The first-order chi connectivity index (χ1) is 13.7. The third-order valence-corrected chi connectivity index (χ3v) is 4.82. The van der Waals surface area contributed by atoms with Gasteiger partial charge >= 0.3 is 6.03 Å². The molecule has 0 aromatic heterocycles. The molecular formula is C22H27N3O3. The predicted octanol–water partition coefficient (Wildman–Crippen LogP) is 3.90. The van der Waals surface area contributed by atoms with Gasteiger partial charge in [0.25, 0.3) is 5.91 Å². The van der Waals surface area contributed by atoms with Crippen molar-refractivity contribution in [1.29, 1.82) is 0 Å². The number of para-hydroxylation sites is 1.